The van der Waals surface area contributed by atoms with Gasteiger partial charge in [-0.25, -0.2) is 8.78 Å². The van der Waals surface area contributed by atoms with Crippen LogP contribution in [0.4, 0.5) is 8.78 Å². The maximum Gasteiger partial charge on any atom is 0.267 e. The highest BCUT2D eigenvalue weighted by atomic mass is 19.3. The molecule has 30 heavy (non-hydrogen) atoms. The van der Waals surface area contributed by atoms with E-state index in [2.05, 4.69) is 18.1 Å². The van der Waals surface area contributed by atoms with Gasteiger partial charge >= 0.3 is 0 Å². The largest absolute Gasteiger partial charge is 0.384 e. The van der Waals surface area contributed by atoms with Crippen molar-refractivity contribution in [3.63, 3.8) is 0 Å². The van der Waals surface area contributed by atoms with Crippen LogP contribution in [0.1, 0.15) is 58.3 Å². The van der Waals surface area contributed by atoms with Crippen molar-refractivity contribution < 1.29 is 18.7 Å². The first-order chi connectivity index (χ1) is 14.3. The fourth-order valence-corrected chi connectivity index (χ4v) is 7.70. The average molecular weight is 419 g/mol. The van der Waals surface area contributed by atoms with Crippen LogP contribution in [0.3, 0.4) is 0 Å². The average Bonchev–Trinajstić information content (AvgIpc) is 3.34. The minimum atomic E-state index is -2.68. The Morgan fingerprint density at radius 3 is 2.83 bits per heavy atom. The molecule has 5 rings (SSSR count). The molecule has 1 aromatic rings. The van der Waals surface area contributed by atoms with Crippen molar-refractivity contribution in [2.75, 3.05) is 0 Å². The summed E-state index contributed by atoms with van der Waals surface area (Å²) in [6.07, 6.45) is 9.11. The molecule has 0 amide bonds. The molecule has 0 bridgehead atoms. The predicted octanol–water partition coefficient (Wildman–Crippen LogP) is 4.64. The molecule has 0 aliphatic heterocycles. The molecule has 3 saturated carbocycles. The SMILES string of the molecule is C[C@]12CC[C@H]3[C@@H](CC=C4C[C@@](O)(C(F)F)CC[C@@H]43)[C@@H]1CC[C@@H]2C(=O)Cn1cccn1. The van der Waals surface area contributed by atoms with Crippen molar-refractivity contribution in [1.82, 2.24) is 9.78 Å². The molecule has 0 spiro atoms. The van der Waals surface area contributed by atoms with E-state index in [1.165, 1.54) is 0 Å². The molecule has 1 aromatic heterocycles. The number of hydrogen-bond donors (Lipinski definition) is 1. The molecule has 4 nitrogen and oxygen atoms in total. The molecule has 0 aromatic carbocycles. The summed E-state index contributed by atoms with van der Waals surface area (Å²) < 4.78 is 28.5. The normalized spacial score (nSPS) is 43.0. The van der Waals surface area contributed by atoms with Crippen molar-refractivity contribution >= 4 is 5.78 Å². The van der Waals surface area contributed by atoms with Crippen LogP contribution in [0, 0.1) is 35.0 Å². The first-order valence-electron chi connectivity index (χ1n) is 11.5. The minimum Gasteiger partial charge on any atom is -0.384 e. The van der Waals surface area contributed by atoms with Gasteiger partial charge in [0.25, 0.3) is 6.43 Å². The van der Waals surface area contributed by atoms with E-state index in [0.29, 0.717) is 42.4 Å². The zero-order chi connectivity index (χ0) is 21.1. The second-order valence-electron chi connectivity index (χ2n) is 10.5. The smallest absolute Gasteiger partial charge is 0.267 e. The number of fused-ring (bicyclic) bond motifs is 5. The van der Waals surface area contributed by atoms with E-state index in [4.69, 9.17) is 0 Å². The molecule has 1 heterocycles. The number of nitrogens with zero attached hydrogens (tertiary/aromatic N) is 2. The number of rotatable bonds is 4. The Balaban J connectivity index is 1.34. The van der Waals surface area contributed by atoms with Crippen molar-refractivity contribution in [3.8, 4) is 0 Å². The summed E-state index contributed by atoms with van der Waals surface area (Å²) in [6.45, 7) is 2.68. The van der Waals surface area contributed by atoms with E-state index < -0.39 is 12.0 Å². The third kappa shape index (κ3) is 3.09. The molecular weight excluding hydrogens is 386 g/mol. The highest BCUT2D eigenvalue weighted by Crippen LogP contribution is 2.63. The van der Waals surface area contributed by atoms with Crippen LogP contribution < -0.4 is 0 Å². The lowest BCUT2D eigenvalue weighted by atomic mass is 9.51. The molecular formula is C24H32F2N2O2. The van der Waals surface area contributed by atoms with Crippen molar-refractivity contribution in [1.29, 1.82) is 0 Å². The summed E-state index contributed by atoms with van der Waals surface area (Å²) in [5.41, 5.74) is -0.733. The molecule has 164 valence electrons. The van der Waals surface area contributed by atoms with Crippen molar-refractivity contribution in [2.45, 2.75) is 76.9 Å². The number of halogens is 2. The van der Waals surface area contributed by atoms with Crippen LogP contribution in [-0.2, 0) is 11.3 Å². The summed E-state index contributed by atoms with van der Waals surface area (Å²) >= 11 is 0. The number of alkyl halides is 2. The monoisotopic (exact) mass is 418 g/mol. The highest BCUT2D eigenvalue weighted by Gasteiger charge is 2.58. The maximum absolute atomic E-state index is 13.4. The molecule has 4 aliphatic carbocycles. The number of carbonyl (C=O) groups is 1. The number of Topliss-reactive ketones (excluding diaryl/α,β-unsaturated/α-hetero) is 1. The van der Waals surface area contributed by atoms with Gasteiger partial charge in [-0.15, -0.1) is 0 Å². The Hall–Kier alpha value is -1.56. The maximum atomic E-state index is 13.4. The number of hydrogen-bond acceptors (Lipinski definition) is 3. The van der Waals surface area contributed by atoms with Gasteiger partial charge < -0.3 is 5.11 Å². The molecule has 6 heteroatoms. The highest BCUT2D eigenvalue weighted by molar-refractivity contribution is 5.82. The van der Waals surface area contributed by atoms with E-state index in [0.717, 1.165) is 37.7 Å². The van der Waals surface area contributed by atoms with E-state index in [9.17, 15) is 18.7 Å². The zero-order valence-electron chi connectivity index (χ0n) is 17.6. The molecule has 1 N–H and O–H groups in total. The second kappa shape index (κ2) is 7.25. The molecule has 3 fully saturated rings. The van der Waals surface area contributed by atoms with Crippen LogP contribution in [0.2, 0.25) is 0 Å². The summed E-state index contributed by atoms with van der Waals surface area (Å²) in [7, 11) is 0. The van der Waals surface area contributed by atoms with Gasteiger partial charge in [-0.3, -0.25) is 9.48 Å². The lowest BCUT2D eigenvalue weighted by Gasteiger charge is -2.54. The van der Waals surface area contributed by atoms with Gasteiger partial charge in [0.05, 0.1) is 6.54 Å². The van der Waals surface area contributed by atoms with Crippen LogP contribution in [-0.4, -0.2) is 32.7 Å². The van der Waals surface area contributed by atoms with E-state index in [1.54, 1.807) is 10.9 Å². The first kappa shape index (κ1) is 20.3. The van der Waals surface area contributed by atoms with Gasteiger partial charge in [-0.1, -0.05) is 18.6 Å². The van der Waals surface area contributed by atoms with E-state index in [-0.39, 0.29) is 24.2 Å². The summed E-state index contributed by atoms with van der Waals surface area (Å²) in [6, 6.07) is 1.85. The Bertz CT molecular complexity index is 838. The van der Waals surface area contributed by atoms with Crippen LogP contribution >= 0.6 is 0 Å². The number of ketones is 1. The predicted molar refractivity (Wildman–Crippen MR) is 109 cm³/mol. The minimum absolute atomic E-state index is 0.0368. The molecule has 0 unspecified atom stereocenters. The third-order valence-electron chi connectivity index (χ3n) is 9.21. The Morgan fingerprint density at radius 1 is 1.27 bits per heavy atom. The van der Waals surface area contributed by atoms with Gasteiger partial charge in [0.2, 0.25) is 0 Å². The quantitative estimate of drug-likeness (QED) is 0.725. The van der Waals surface area contributed by atoms with Crippen LogP contribution in [0.5, 0.6) is 0 Å². The van der Waals surface area contributed by atoms with Gasteiger partial charge in [-0.05, 0) is 80.1 Å². The molecule has 4 aliphatic rings. The number of aromatic nitrogens is 2. The van der Waals surface area contributed by atoms with Crippen molar-refractivity contribution in [2.24, 2.45) is 35.0 Å². The van der Waals surface area contributed by atoms with Gasteiger partial charge in [0, 0.05) is 24.7 Å². The Kier molecular flexibility index (Phi) is 4.92. The Morgan fingerprint density at radius 2 is 2.10 bits per heavy atom. The fraction of sp³-hybridized carbons (Fsp3) is 0.750. The van der Waals surface area contributed by atoms with E-state index in [1.807, 2.05) is 12.3 Å². The standard InChI is InChI=1S/C24H32F2N2O2/c1-23-9-7-17-16-8-10-24(30,22(25)26)13-15(16)3-4-18(17)19(23)5-6-20(23)21(29)14-28-12-2-11-27-28/h2-3,11-12,16-20,22,30H,4-10,13-14H2,1H3/t16-,17+,18+,19-,20+,23-,24+/m0/s1. The number of carbonyl (C=O) groups excluding carboxylic acids is 1. The number of aliphatic hydroxyl groups is 1. The van der Waals surface area contributed by atoms with Crippen molar-refractivity contribution in [3.05, 3.63) is 30.1 Å². The zero-order valence-corrected chi connectivity index (χ0v) is 17.6. The summed E-state index contributed by atoms with van der Waals surface area (Å²) in [4.78, 5) is 13.1. The van der Waals surface area contributed by atoms with E-state index >= 15 is 0 Å². The fourth-order valence-electron chi connectivity index (χ4n) is 7.70. The number of allylic oxidation sites excluding steroid dienone is 1. The topological polar surface area (TPSA) is 55.1 Å². The second-order valence-corrected chi connectivity index (χ2v) is 10.5. The molecule has 0 saturated heterocycles. The van der Waals surface area contributed by atoms with Crippen LogP contribution in [0.15, 0.2) is 30.1 Å². The lowest BCUT2D eigenvalue weighted by Crippen LogP contribution is -2.50. The Labute approximate surface area is 176 Å². The molecule has 0 radical (unpaired) electrons. The van der Waals surface area contributed by atoms with Gasteiger partial charge in [0.15, 0.2) is 5.78 Å². The van der Waals surface area contributed by atoms with Crippen LogP contribution in [0.25, 0.3) is 0 Å². The summed E-state index contributed by atoms with van der Waals surface area (Å²) in [5.74, 6) is 2.31. The van der Waals surface area contributed by atoms with Gasteiger partial charge in [-0.2, -0.15) is 5.10 Å². The first-order valence-corrected chi connectivity index (χ1v) is 11.5. The van der Waals surface area contributed by atoms with Gasteiger partial charge in [0.1, 0.15) is 5.60 Å². The summed E-state index contributed by atoms with van der Waals surface area (Å²) in [5, 5.41) is 14.5. The molecule has 7 atom stereocenters. The third-order valence-corrected chi connectivity index (χ3v) is 9.21. The lowest BCUT2D eigenvalue weighted by molar-refractivity contribution is -0.131.